The van der Waals surface area contributed by atoms with Crippen LogP contribution < -0.4 is 0 Å². The highest BCUT2D eigenvalue weighted by atomic mass is 16.7. The molecule has 0 bridgehead atoms. The summed E-state index contributed by atoms with van der Waals surface area (Å²) in [6, 6.07) is 0. The molecule has 0 fully saturated rings. The topological polar surface area (TPSA) is 55.7 Å². The maximum atomic E-state index is 11.5. The molecule has 0 aromatic heterocycles. The van der Waals surface area contributed by atoms with Crippen LogP contribution in [-0.2, 0) is 14.4 Å². The van der Waals surface area contributed by atoms with E-state index in [4.69, 9.17) is 0 Å². The first-order chi connectivity index (χ1) is 5.91. The molecule has 0 aromatic carbocycles. The van der Waals surface area contributed by atoms with Crippen LogP contribution in [0, 0.1) is 11.3 Å². The smallest absolute Gasteiger partial charge is 0.322 e. The van der Waals surface area contributed by atoms with E-state index in [2.05, 4.69) is 9.99 Å². The van der Waals surface area contributed by atoms with Crippen LogP contribution in [0.5, 0.6) is 0 Å². The Kier molecular flexibility index (Phi) is 4.31. The van der Waals surface area contributed by atoms with Crippen molar-refractivity contribution >= 4 is 18.5 Å². The van der Waals surface area contributed by atoms with E-state index in [1.54, 1.807) is 13.8 Å². The van der Waals surface area contributed by atoms with Gasteiger partial charge >= 0.3 is 6.47 Å². The maximum Gasteiger partial charge on any atom is 0.323 e. The van der Waals surface area contributed by atoms with Crippen molar-refractivity contribution in [3.63, 3.8) is 0 Å². The number of oxime groups is 1. The summed E-state index contributed by atoms with van der Waals surface area (Å²) in [4.78, 5) is 25.4. The SMILES string of the molecule is CC(C)C(=O)C(C)(C)/C=N/OC=O. The summed E-state index contributed by atoms with van der Waals surface area (Å²) in [5.41, 5.74) is -0.683. The minimum absolute atomic E-state index is 0.0577. The van der Waals surface area contributed by atoms with Crippen molar-refractivity contribution < 1.29 is 14.4 Å². The molecule has 0 rings (SSSR count). The minimum Gasteiger partial charge on any atom is -0.322 e. The molecule has 0 heterocycles. The molecule has 4 heteroatoms. The lowest BCUT2D eigenvalue weighted by Crippen LogP contribution is -2.29. The van der Waals surface area contributed by atoms with Crippen molar-refractivity contribution in [3.05, 3.63) is 0 Å². The van der Waals surface area contributed by atoms with E-state index < -0.39 is 5.41 Å². The zero-order valence-electron chi connectivity index (χ0n) is 8.40. The van der Waals surface area contributed by atoms with Gasteiger partial charge in [-0.15, -0.1) is 0 Å². The summed E-state index contributed by atoms with van der Waals surface area (Å²) < 4.78 is 0. The maximum absolute atomic E-state index is 11.5. The Morgan fingerprint density at radius 3 is 2.38 bits per heavy atom. The van der Waals surface area contributed by atoms with Crippen LogP contribution in [0.3, 0.4) is 0 Å². The average molecular weight is 185 g/mol. The molecule has 13 heavy (non-hydrogen) atoms. The summed E-state index contributed by atoms with van der Waals surface area (Å²) in [5, 5.41) is 3.35. The monoisotopic (exact) mass is 185 g/mol. The number of carbonyl (C=O) groups is 2. The van der Waals surface area contributed by atoms with E-state index >= 15 is 0 Å². The first-order valence-electron chi connectivity index (χ1n) is 4.10. The van der Waals surface area contributed by atoms with Gasteiger partial charge in [0, 0.05) is 5.92 Å². The van der Waals surface area contributed by atoms with Crippen LogP contribution in [0.2, 0.25) is 0 Å². The summed E-state index contributed by atoms with van der Waals surface area (Å²) in [6.07, 6.45) is 1.34. The van der Waals surface area contributed by atoms with Gasteiger partial charge in [-0.05, 0) is 13.8 Å². The zero-order chi connectivity index (χ0) is 10.5. The number of hydrogen-bond donors (Lipinski definition) is 0. The van der Waals surface area contributed by atoms with Crippen molar-refractivity contribution in [2.75, 3.05) is 0 Å². The molecular weight excluding hydrogens is 170 g/mol. The quantitative estimate of drug-likeness (QED) is 0.281. The second-order valence-electron chi connectivity index (χ2n) is 3.68. The van der Waals surface area contributed by atoms with E-state index in [1.807, 2.05) is 13.8 Å². The molecular formula is C9H15NO3. The van der Waals surface area contributed by atoms with E-state index in [0.29, 0.717) is 0 Å². The predicted octanol–water partition coefficient (Wildman–Crippen LogP) is 1.40. The first-order valence-corrected chi connectivity index (χ1v) is 4.10. The predicted molar refractivity (Wildman–Crippen MR) is 49.3 cm³/mol. The van der Waals surface area contributed by atoms with Gasteiger partial charge < -0.3 is 4.84 Å². The number of Topliss-reactive ketones (excluding diaryl/α,β-unsaturated/α-hetero) is 1. The number of rotatable bonds is 5. The standard InChI is InChI=1S/C9H15NO3/c1-7(2)8(12)9(3,4)5-10-13-6-11/h5-7H,1-4H3/b10-5+. The lowest BCUT2D eigenvalue weighted by atomic mass is 9.84. The van der Waals surface area contributed by atoms with Gasteiger partial charge in [-0.2, -0.15) is 0 Å². The fourth-order valence-electron chi connectivity index (χ4n) is 0.995. The van der Waals surface area contributed by atoms with Gasteiger partial charge in [-0.1, -0.05) is 19.0 Å². The molecule has 0 radical (unpaired) electrons. The summed E-state index contributed by atoms with van der Waals surface area (Å²) in [5.74, 6) is 0.00318. The molecule has 0 unspecified atom stereocenters. The molecule has 0 N–H and O–H groups in total. The Bertz CT molecular complexity index is 219. The van der Waals surface area contributed by atoms with Gasteiger partial charge in [0.2, 0.25) is 0 Å². The number of ketones is 1. The summed E-state index contributed by atoms with van der Waals surface area (Å²) >= 11 is 0. The highest BCUT2D eigenvalue weighted by Crippen LogP contribution is 2.18. The molecule has 0 aromatic rings. The van der Waals surface area contributed by atoms with Gasteiger partial charge in [-0.3, -0.25) is 9.59 Å². The Morgan fingerprint density at radius 1 is 1.46 bits per heavy atom. The third kappa shape index (κ3) is 3.83. The van der Waals surface area contributed by atoms with E-state index in [9.17, 15) is 9.59 Å². The molecule has 0 aliphatic heterocycles. The molecule has 0 aliphatic rings. The molecule has 0 aliphatic carbocycles. The van der Waals surface area contributed by atoms with E-state index in [0.717, 1.165) is 0 Å². The van der Waals surface area contributed by atoms with Gasteiger partial charge in [-0.25, -0.2) is 0 Å². The molecule has 0 saturated carbocycles. The third-order valence-corrected chi connectivity index (χ3v) is 1.64. The average Bonchev–Trinajstić information content (AvgIpc) is 2.03. The highest BCUT2D eigenvalue weighted by Gasteiger charge is 2.27. The second kappa shape index (κ2) is 4.74. The lowest BCUT2D eigenvalue weighted by Gasteiger charge is -2.19. The Labute approximate surface area is 77.9 Å². The molecule has 0 saturated heterocycles. The Morgan fingerprint density at radius 2 is 2.00 bits per heavy atom. The zero-order valence-corrected chi connectivity index (χ0v) is 8.40. The van der Waals surface area contributed by atoms with Crippen LogP contribution in [0.15, 0.2) is 5.16 Å². The van der Waals surface area contributed by atoms with Crippen LogP contribution >= 0.6 is 0 Å². The molecule has 4 nitrogen and oxygen atoms in total. The number of hydrogen-bond acceptors (Lipinski definition) is 4. The minimum atomic E-state index is -0.683. The summed E-state index contributed by atoms with van der Waals surface area (Å²) in [7, 11) is 0. The van der Waals surface area contributed by atoms with Crippen molar-refractivity contribution in [1.29, 1.82) is 0 Å². The summed E-state index contributed by atoms with van der Waals surface area (Å²) in [6.45, 7) is 7.31. The largest absolute Gasteiger partial charge is 0.323 e. The van der Waals surface area contributed by atoms with Gasteiger partial charge in [0.15, 0.2) is 0 Å². The molecule has 0 spiro atoms. The van der Waals surface area contributed by atoms with Crippen molar-refractivity contribution in [3.8, 4) is 0 Å². The van der Waals surface area contributed by atoms with Crippen molar-refractivity contribution in [1.82, 2.24) is 0 Å². The van der Waals surface area contributed by atoms with Crippen molar-refractivity contribution in [2.24, 2.45) is 16.5 Å². The molecule has 0 amide bonds. The number of carbonyl (C=O) groups excluding carboxylic acids is 2. The van der Waals surface area contributed by atoms with Crippen LogP contribution in [0.1, 0.15) is 27.7 Å². The Balaban J connectivity index is 4.38. The van der Waals surface area contributed by atoms with Crippen LogP contribution in [0.4, 0.5) is 0 Å². The number of nitrogens with zero attached hydrogens (tertiary/aromatic N) is 1. The Hall–Kier alpha value is -1.19. The molecule has 0 atom stereocenters. The van der Waals surface area contributed by atoms with Crippen molar-refractivity contribution in [2.45, 2.75) is 27.7 Å². The van der Waals surface area contributed by atoms with Crippen LogP contribution in [0.25, 0.3) is 0 Å². The fourth-order valence-corrected chi connectivity index (χ4v) is 0.995. The fraction of sp³-hybridized carbons (Fsp3) is 0.667. The van der Waals surface area contributed by atoms with Gasteiger partial charge in [0.1, 0.15) is 5.78 Å². The highest BCUT2D eigenvalue weighted by molar-refractivity contribution is 5.99. The molecule has 74 valence electrons. The first kappa shape index (κ1) is 11.8. The van der Waals surface area contributed by atoms with Gasteiger partial charge in [0.05, 0.1) is 11.6 Å². The normalized spacial score (nSPS) is 12.1. The van der Waals surface area contributed by atoms with E-state index in [1.165, 1.54) is 6.21 Å². The lowest BCUT2D eigenvalue weighted by molar-refractivity contribution is -0.130. The van der Waals surface area contributed by atoms with E-state index in [-0.39, 0.29) is 18.2 Å². The van der Waals surface area contributed by atoms with Crippen LogP contribution in [-0.4, -0.2) is 18.5 Å². The second-order valence-corrected chi connectivity index (χ2v) is 3.68. The van der Waals surface area contributed by atoms with Gasteiger partial charge in [0.25, 0.3) is 0 Å². The third-order valence-electron chi connectivity index (χ3n) is 1.64.